The van der Waals surface area contributed by atoms with Crippen LogP contribution in [0.4, 0.5) is 10.1 Å². The van der Waals surface area contributed by atoms with Crippen molar-refractivity contribution in [1.29, 1.82) is 0 Å². The summed E-state index contributed by atoms with van der Waals surface area (Å²) in [7, 11) is 0. The minimum absolute atomic E-state index is 0.233. The van der Waals surface area contributed by atoms with E-state index in [0.717, 1.165) is 6.07 Å². The third-order valence-corrected chi connectivity index (χ3v) is 2.73. The van der Waals surface area contributed by atoms with Crippen molar-refractivity contribution < 1.29 is 9.18 Å². The minimum atomic E-state index is -0.693. The number of benzene rings is 1. The summed E-state index contributed by atoms with van der Waals surface area (Å²) in [5.41, 5.74) is 5.64. The van der Waals surface area contributed by atoms with Gasteiger partial charge in [0.25, 0.3) is 0 Å². The lowest BCUT2D eigenvalue weighted by Crippen LogP contribution is -2.45. The van der Waals surface area contributed by atoms with E-state index in [1.165, 1.54) is 12.1 Å². The Hall–Kier alpha value is -1.13. The average molecular weight is 259 g/mol. The molecule has 0 aromatic heterocycles. The monoisotopic (exact) mass is 258 g/mol. The molecule has 3 nitrogen and oxygen atoms in total. The summed E-state index contributed by atoms with van der Waals surface area (Å²) in [4.78, 5) is 11.8. The highest BCUT2D eigenvalue weighted by Gasteiger charge is 2.27. The molecule has 1 aromatic rings. The molecule has 0 aliphatic carbocycles. The van der Waals surface area contributed by atoms with Gasteiger partial charge in [0, 0.05) is 0 Å². The van der Waals surface area contributed by atoms with Gasteiger partial charge in [-0.25, -0.2) is 4.39 Å². The first-order valence-corrected chi connectivity index (χ1v) is 5.61. The fourth-order valence-corrected chi connectivity index (χ4v) is 1.36. The van der Waals surface area contributed by atoms with Crippen LogP contribution in [0.25, 0.3) is 0 Å². The van der Waals surface area contributed by atoms with E-state index in [0.29, 0.717) is 0 Å². The van der Waals surface area contributed by atoms with Gasteiger partial charge in [0.2, 0.25) is 5.91 Å². The van der Waals surface area contributed by atoms with Crippen LogP contribution in [0.2, 0.25) is 5.02 Å². The van der Waals surface area contributed by atoms with Gasteiger partial charge in [-0.15, -0.1) is 0 Å². The summed E-state index contributed by atoms with van der Waals surface area (Å²) in [6.07, 6.45) is 0. The lowest BCUT2D eigenvalue weighted by atomic mass is 9.87. The second-order valence-corrected chi connectivity index (χ2v) is 5.36. The molecule has 0 spiro atoms. The summed E-state index contributed by atoms with van der Waals surface area (Å²) in [5.74, 6) is -0.848. The highest BCUT2D eigenvalue weighted by Crippen LogP contribution is 2.24. The molecule has 1 atom stereocenters. The smallest absolute Gasteiger partial charge is 0.241 e. The predicted octanol–water partition coefficient (Wildman–Crippen LogP) is 2.79. The third kappa shape index (κ3) is 3.68. The Labute approximate surface area is 105 Å². The van der Waals surface area contributed by atoms with Gasteiger partial charge in [0.1, 0.15) is 5.82 Å². The van der Waals surface area contributed by atoms with Crippen molar-refractivity contribution in [3.05, 3.63) is 29.0 Å². The molecule has 1 rings (SSSR count). The van der Waals surface area contributed by atoms with Crippen LogP contribution < -0.4 is 11.1 Å². The molecule has 0 heterocycles. The first kappa shape index (κ1) is 13.9. The van der Waals surface area contributed by atoms with E-state index < -0.39 is 11.9 Å². The average Bonchev–Trinajstić information content (AvgIpc) is 2.21. The zero-order valence-corrected chi connectivity index (χ0v) is 10.8. The molecule has 5 heteroatoms. The number of rotatable bonds is 2. The molecule has 3 N–H and O–H groups in total. The number of anilines is 1. The number of carbonyl (C=O) groups excluding carboxylic acids is 1. The van der Waals surface area contributed by atoms with Gasteiger partial charge in [-0.05, 0) is 23.6 Å². The predicted molar refractivity (Wildman–Crippen MR) is 67.5 cm³/mol. The van der Waals surface area contributed by atoms with Crippen LogP contribution in [0, 0.1) is 11.2 Å². The quantitative estimate of drug-likeness (QED) is 0.857. The summed E-state index contributed by atoms with van der Waals surface area (Å²) >= 11 is 5.84. The van der Waals surface area contributed by atoms with Gasteiger partial charge in [-0.1, -0.05) is 32.4 Å². The van der Waals surface area contributed by atoms with Crippen molar-refractivity contribution in [2.45, 2.75) is 26.8 Å². The van der Waals surface area contributed by atoms with Gasteiger partial charge in [-0.2, -0.15) is 0 Å². The van der Waals surface area contributed by atoms with Gasteiger partial charge < -0.3 is 11.1 Å². The molecule has 0 bridgehead atoms. The Balaban J connectivity index is 2.85. The molecule has 0 fully saturated rings. The number of carbonyl (C=O) groups is 1. The van der Waals surface area contributed by atoms with E-state index in [2.05, 4.69) is 5.32 Å². The van der Waals surface area contributed by atoms with Crippen molar-refractivity contribution in [2.75, 3.05) is 5.32 Å². The van der Waals surface area contributed by atoms with Gasteiger partial charge >= 0.3 is 0 Å². The maximum atomic E-state index is 13.0. The lowest BCUT2D eigenvalue weighted by Gasteiger charge is -2.25. The fraction of sp³-hybridized carbons (Fsp3) is 0.417. The van der Waals surface area contributed by atoms with E-state index in [1.54, 1.807) is 0 Å². The lowest BCUT2D eigenvalue weighted by molar-refractivity contribution is -0.119. The zero-order chi connectivity index (χ0) is 13.2. The molecule has 17 heavy (non-hydrogen) atoms. The van der Waals surface area contributed by atoms with E-state index in [-0.39, 0.29) is 22.0 Å². The number of hydrogen-bond donors (Lipinski definition) is 2. The first-order valence-electron chi connectivity index (χ1n) is 5.23. The number of hydrogen-bond acceptors (Lipinski definition) is 2. The molecule has 94 valence electrons. The van der Waals surface area contributed by atoms with Crippen molar-refractivity contribution in [3.63, 3.8) is 0 Å². The van der Waals surface area contributed by atoms with Crippen molar-refractivity contribution in [1.82, 2.24) is 0 Å². The number of amides is 1. The van der Waals surface area contributed by atoms with Crippen LogP contribution in [0.5, 0.6) is 0 Å². The third-order valence-electron chi connectivity index (χ3n) is 2.40. The summed E-state index contributed by atoms with van der Waals surface area (Å²) in [6.45, 7) is 5.55. The topological polar surface area (TPSA) is 55.1 Å². The van der Waals surface area contributed by atoms with Crippen LogP contribution in [0.1, 0.15) is 20.8 Å². The maximum Gasteiger partial charge on any atom is 0.241 e. The summed E-state index contributed by atoms with van der Waals surface area (Å²) in [6, 6.07) is 3.08. The van der Waals surface area contributed by atoms with Gasteiger partial charge in [0.15, 0.2) is 0 Å². The van der Waals surface area contributed by atoms with Gasteiger partial charge in [-0.3, -0.25) is 4.79 Å². The van der Waals surface area contributed by atoms with Crippen LogP contribution in [-0.2, 0) is 4.79 Å². The fourth-order valence-electron chi connectivity index (χ4n) is 1.20. The van der Waals surface area contributed by atoms with Crippen LogP contribution in [-0.4, -0.2) is 11.9 Å². The van der Waals surface area contributed by atoms with E-state index in [9.17, 15) is 9.18 Å². The minimum Gasteiger partial charge on any atom is -0.323 e. The molecule has 0 unspecified atom stereocenters. The molecule has 1 amide bonds. The standard InChI is InChI=1S/C12H16ClFN2O/c1-12(2,3)10(15)11(17)16-9-6-7(14)4-5-8(9)13/h4-6,10H,15H2,1-3H3,(H,16,17)/t10-/m0/s1. The normalized spacial score (nSPS) is 13.3. The Morgan fingerprint density at radius 2 is 2.06 bits per heavy atom. The zero-order valence-electron chi connectivity index (χ0n) is 10.1. The molecule has 0 saturated heterocycles. The summed E-state index contributed by atoms with van der Waals surface area (Å²) < 4.78 is 13.0. The molecule has 0 saturated carbocycles. The molecule has 1 aromatic carbocycles. The Morgan fingerprint density at radius 1 is 1.47 bits per heavy atom. The van der Waals surface area contributed by atoms with E-state index >= 15 is 0 Å². The Morgan fingerprint density at radius 3 is 2.59 bits per heavy atom. The Bertz CT molecular complexity index is 429. The van der Waals surface area contributed by atoms with Crippen molar-refractivity contribution in [2.24, 2.45) is 11.1 Å². The molecule has 0 aliphatic rings. The highest BCUT2D eigenvalue weighted by molar-refractivity contribution is 6.33. The van der Waals surface area contributed by atoms with Crippen LogP contribution >= 0.6 is 11.6 Å². The largest absolute Gasteiger partial charge is 0.323 e. The second kappa shape index (κ2) is 5.02. The van der Waals surface area contributed by atoms with Crippen LogP contribution in [0.15, 0.2) is 18.2 Å². The summed E-state index contributed by atoms with van der Waals surface area (Å²) in [5, 5.41) is 2.80. The van der Waals surface area contributed by atoms with Crippen molar-refractivity contribution >= 4 is 23.2 Å². The number of nitrogens with two attached hydrogens (primary N) is 1. The number of halogens is 2. The van der Waals surface area contributed by atoms with Crippen LogP contribution in [0.3, 0.4) is 0 Å². The first-order chi connectivity index (χ1) is 7.71. The van der Waals surface area contributed by atoms with Crippen molar-refractivity contribution in [3.8, 4) is 0 Å². The highest BCUT2D eigenvalue weighted by atomic mass is 35.5. The maximum absolute atomic E-state index is 13.0. The number of nitrogens with one attached hydrogen (secondary N) is 1. The molecular formula is C12H16ClFN2O. The van der Waals surface area contributed by atoms with E-state index in [1.807, 2.05) is 20.8 Å². The second-order valence-electron chi connectivity index (χ2n) is 4.96. The molecule has 0 aliphatic heterocycles. The van der Waals surface area contributed by atoms with Gasteiger partial charge in [0.05, 0.1) is 16.8 Å². The van der Waals surface area contributed by atoms with E-state index in [4.69, 9.17) is 17.3 Å². The SMILES string of the molecule is CC(C)(C)[C@@H](N)C(=O)Nc1cc(F)ccc1Cl. The Kier molecular flexibility index (Phi) is 4.11. The molecular weight excluding hydrogens is 243 g/mol. The molecule has 0 radical (unpaired) electrons.